The van der Waals surface area contributed by atoms with Crippen molar-refractivity contribution in [3.05, 3.63) is 6.33 Å². The Morgan fingerprint density at radius 2 is 2.20 bits per heavy atom. The molecule has 1 atom stereocenters. The SMILES string of the molecule is COC(=O)C1CCCCN1S(=O)(=O)c1c(N)ncn1C. The third-order valence-electron chi connectivity index (χ3n) is 3.39. The molecule has 20 heavy (non-hydrogen) atoms. The molecule has 1 aromatic rings. The van der Waals surface area contributed by atoms with Crippen LogP contribution in [0.4, 0.5) is 5.82 Å². The number of esters is 1. The zero-order valence-electron chi connectivity index (χ0n) is 11.4. The normalized spacial score (nSPS) is 20.8. The lowest BCUT2D eigenvalue weighted by Gasteiger charge is -2.32. The summed E-state index contributed by atoms with van der Waals surface area (Å²) in [6.07, 6.45) is 3.26. The van der Waals surface area contributed by atoms with Gasteiger partial charge in [0, 0.05) is 13.6 Å². The Labute approximate surface area is 117 Å². The average molecular weight is 302 g/mol. The highest BCUT2D eigenvalue weighted by molar-refractivity contribution is 7.89. The summed E-state index contributed by atoms with van der Waals surface area (Å²) in [5.41, 5.74) is 5.63. The predicted molar refractivity (Wildman–Crippen MR) is 71.2 cm³/mol. The van der Waals surface area contributed by atoms with E-state index in [1.54, 1.807) is 7.05 Å². The first-order chi connectivity index (χ1) is 9.39. The Morgan fingerprint density at radius 1 is 1.50 bits per heavy atom. The molecular formula is C11H18N4O4S. The fourth-order valence-electron chi connectivity index (χ4n) is 2.43. The van der Waals surface area contributed by atoms with E-state index in [0.29, 0.717) is 12.8 Å². The van der Waals surface area contributed by atoms with Crippen LogP contribution >= 0.6 is 0 Å². The molecule has 1 aliphatic rings. The van der Waals surface area contributed by atoms with Crippen molar-refractivity contribution < 1.29 is 17.9 Å². The number of aromatic nitrogens is 2. The van der Waals surface area contributed by atoms with Gasteiger partial charge in [-0.25, -0.2) is 13.4 Å². The molecule has 2 N–H and O–H groups in total. The van der Waals surface area contributed by atoms with Crippen LogP contribution in [0.1, 0.15) is 19.3 Å². The molecular weight excluding hydrogens is 284 g/mol. The summed E-state index contributed by atoms with van der Waals surface area (Å²) in [6, 6.07) is -0.798. The highest BCUT2D eigenvalue weighted by Gasteiger charge is 2.40. The minimum atomic E-state index is -3.88. The predicted octanol–water partition coefficient (Wildman–Crippen LogP) is -0.281. The number of aryl methyl sites for hydroxylation is 1. The largest absolute Gasteiger partial charge is 0.468 e. The standard InChI is InChI=1S/C11H18N4O4S/c1-14-7-13-9(12)10(14)20(17,18)15-6-4-3-5-8(15)11(16)19-2/h7-8H,3-6,12H2,1-2H3. The smallest absolute Gasteiger partial charge is 0.324 e. The van der Waals surface area contributed by atoms with E-state index in [4.69, 9.17) is 10.5 Å². The van der Waals surface area contributed by atoms with Crippen LogP contribution in [-0.4, -0.2) is 47.9 Å². The van der Waals surface area contributed by atoms with Crippen LogP contribution in [0.2, 0.25) is 0 Å². The summed E-state index contributed by atoms with van der Waals surface area (Å²) in [7, 11) is -1.08. The summed E-state index contributed by atoms with van der Waals surface area (Å²) in [6.45, 7) is 0.271. The number of carbonyl (C=O) groups is 1. The number of rotatable bonds is 3. The molecule has 0 amide bonds. The van der Waals surface area contributed by atoms with Crippen molar-refractivity contribution in [1.82, 2.24) is 13.9 Å². The Bertz CT molecular complexity index is 590. The Morgan fingerprint density at radius 3 is 2.75 bits per heavy atom. The van der Waals surface area contributed by atoms with Crippen molar-refractivity contribution in [2.45, 2.75) is 30.3 Å². The van der Waals surface area contributed by atoms with E-state index < -0.39 is 22.0 Å². The molecule has 1 unspecified atom stereocenters. The van der Waals surface area contributed by atoms with Crippen LogP contribution in [0.25, 0.3) is 0 Å². The van der Waals surface area contributed by atoms with Gasteiger partial charge in [-0.3, -0.25) is 4.79 Å². The van der Waals surface area contributed by atoms with E-state index in [9.17, 15) is 13.2 Å². The summed E-state index contributed by atoms with van der Waals surface area (Å²) >= 11 is 0. The number of hydrogen-bond donors (Lipinski definition) is 1. The van der Waals surface area contributed by atoms with Crippen LogP contribution < -0.4 is 5.73 Å². The number of anilines is 1. The minimum absolute atomic E-state index is 0.0679. The molecule has 112 valence electrons. The summed E-state index contributed by atoms with van der Waals surface area (Å²) in [5.74, 6) is -0.615. The third-order valence-corrected chi connectivity index (χ3v) is 5.43. The zero-order chi connectivity index (χ0) is 14.9. The quantitative estimate of drug-likeness (QED) is 0.769. The molecule has 0 bridgehead atoms. The van der Waals surface area contributed by atoms with E-state index >= 15 is 0 Å². The summed E-state index contributed by atoms with van der Waals surface area (Å²) in [5, 5.41) is -0.0895. The second-order valence-corrected chi connectivity index (χ2v) is 6.50. The van der Waals surface area contributed by atoms with E-state index in [1.807, 2.05) is 0 Å². The molecule has 0 radical (unpaired) electrons. The minimum Gasteiger partial charge on any atom is -0.468 e. The molecule has 9 heteroatoms. The highest BCUT2D eigenvalue weighted by atomic mass is 32.2. The number of imidazole rings is 1. The molecule has 2 rings (SSSR count). The number of hydrogen-bond acceptors (Lipinski definition) is 6. The molecule has 0 aromatic carbocycles. The number of carbonyl (C=O) groups excluding carboxylic acids is 1. The molecule has 1 aliphatic heterocycles. The van der Waals surface area contributed by atoms with E-state index in [2.05, 4.69) is 4.98 Å². The van der Waals surface area contributed by atoms with Crippen molar-refractivity contribution in [1.29, 1.82) is 0 Å². The van der Waals surface area contributed by atoms with Gasteiger partial charge in [0.05, 0.1) is 13.4 Å². The molecule has 1 fully saturated rings. The molecule has 0 aliphatic carbocycles. The lowest BCUT2D eigenvalue weighted by molar-refractivity contribution is -0.146. The maximum atomic E-state index is 12.7. The van der Waals surface area contributed by atoms with Crippen LogP contribution in [0.15, 0.2) is 11.4 Å². The Hall–Kier alpha value is -1.61. The van der Waals surface area contributed by atoms with Crippen LogP contribution in [0.5, 0.6) is 0 Å². The number of methoxy groups -OCH3 is 1. The first kappa shape index (κ1) is 14.8. The lowest BCUT2D eigenvalue weighted by Crippen LogP contribution is -2.48. The Balaban J connectivity index is 2.44. The van der Waals surface area contributed by atoms with Gasteiger partial charge >= 0.3 is 5.97 Å². The van der Waals surface area contributed by atoms with Crippen LogP contribution in [0, 0.1) is 0 Å². The van der Waals surface area contributed by atoms with Crippen LogP contribution in [-0.2, 0) is 26.6 Å². The molecule has 1 aromatic heterocycles. The number of nitrogens with two attached hydrogens (primary N) is 1. The maximum Gasteiger partial charge on any atom is 0.324 e. The lowest BCUT2D eigenvalue weighted by atomic mass is 10.1. The zero-order valence-corrected chi connectivity index (χ0v) is 12.3. The summed E-state index contributed by atoms with van der Waals surface area (Å²) in [4.78, 5) is 15.6. The van der Waals surface area contributed by atoms with Crippen molar-refractivity contribution in [3.63, 3.8) is 0 Å². The number of piperidine rings is 1. The van der Waals surface area contributed by atoms with Gasteiger partial charge < -0.3 is 15.0 Å². The fourth-order valence-corrected chi connectivity index (χ4v) is 4.27. The van der Waals surface area contributed by atoms with Gasteiger partial charge in [-0.1, -0.05) is 0 Å². The van der Waals surface area contributed by atoms with Gasteiger partial charge in [0.1, 0.15) is 6.04 Å². The molecule has 0 saturated carbocycles. The second kappa shape index (κ2) is 5.41. The molecule has 8 nitrogen and oxygen atoms in total. The van der Waals surface area contributed by atoms with E-state index in [1.165, 1.54) is 18.0 Å². The van der Waals surface area contributed by atoms with Crippen LogP contribution in [0.3, 0.4) is 0 Å². The van der Waals surface area contributed by atoms with Crippen molar-refractivity contribution >= 4 is 21.8 Å². The molecule has 2 heterocycles. The number of nitrogens with zero attached hydrogens (tertiary/aromatic N) is 3. The number of sulfonamides is 1. The molecule has 1 saturated heterocycles. The van der Waals surface area contributed by atoms with E-state index in [0.717, 1.165) is 10.7 Å². The average Bonchev–Trinajstić information content (AvgIpc) is 2.77. The fraction of sp³-hybridized carbons (Fsp3) is 0.636. The maximum absolute atomic E-state index is 12.7. The summed E-state index contributed by atoms with van der Waals surface area (Å²) < 4.78 is 32.6. The Kier molecular flexibility index (Phi) is 4.00. The van der Waals surface area contributed by atoms with Crippen molar-refractivity contribution in [2.24, 2.45) is 7.05 Å². The monoisotopic (exact) mass is 302 g/mol. The van der Waals surface area contributed by atoms with Crippen molar-refractivity contribution in [3.8, 4) is 0 Å². The first-order valence-corrected chi connectivity index (χ1v) is 7.70. The number of nitrogen functional groups attached to an aromatic ring is 1. The van der Waals surface area contributed by atoms with E-state index in [-0.39, 0.29) is 17.4 Å². The van der Waals surface area contributed by atoms with Gasteiger partial charge in [-0.05, 0) is 19.3 Å². The second-order valence-electron chi connectivity index (χ2n) is 4.70. The van der Waals surface area contributed by atoms with Gasteiger partial charge in [-0.15, -0.1) is 0 Å². The number of ether oxygens (including phenoxy) is 1. The first-order valence-electron chi connectivity index (χ1n) is 6.26. The van der Waals surface area contributed by atoms with Gasteiger partial charge in [-0.2, -0.15) is 4.31 Å². The van der Waals surface area contributed by atoms with Gasteiger partial charge in [0.25, 0.3) is 10.0 Å². The third kappa shape index (κ3) is 2.38. The van der Waals surface area contributed by atoms with Gasteiger partial charge in [0.15, 0.2) is 10.8 Å². The van der Waals surface area contributed by atoms with Gasteiger partial charge in [0.2, 0.25) is 0 Å². The molecule has 0 spiro atoms. The van der Waals surface area contributed by atoms with Crippen molar-refractivity contribution in [2.75, 3.05) is 19.4 Å². The highest BCUT2D eigenvalue weighted by Crippen LogP contribution is 2.28. The topological polar surface area (TPSA) is 108 Å².